The van der Waals surface area contributed by atoms with Gasteiger partial charge in [-0.25, -0.2) is 4.79 Å². The number of carbonyl (C=O) groups is 3. The second-order valence-corrected chi connectivity index (χ2v) is 13.6. The Balaban J connectivity index is 1.29. The molecule has 2 aliphatic rings. The zero-order valence-corrected chi connectivity index (χ0v) is 29.4. The Morgan fingerprint density at radius 3 is 2.00 bits per heavy atom. The van der Waals surface area contributed by atoms with E-state index in [1.807, 2.05) is 107 Å². The summed E-state index contributed by atoms with van der Waals surface area (Å²) in [6.45, 7) is 5.55. The SMILES string of the molecule is Cc1c(C(=O)N(C)c2ccccc2)cc(-c2cc3c(cc2C(=O)N2Cc4ccccc4C[C@H]2C)CN(C(=O)N(C)c2ccccc2)CC3)n1C. The minimum absolute atomic E-state index is 0.00527. The lowest BCUT2D eigenvalue weighted by Gasteiger charge is -2.36. The molecule has 3 heterocycles. The van der Waals surface area contributed by atoms with Crippen LogP contribution >= 0.6 is 0 Å². The summed E-state index contributed by atoms with van der Waals surface area (Å²) in [6, 6.07) is 33.5. The molecule has 0 bridgehead atoms. The summed E-state index contributed by atoms with van der Waals surface area (Å²) < 4.78 is 2.02. The molecule has 8 nitrogen and oxygen atoms in total. The molecule has 0 fully saturated rings. The summed E-state index contributed by atoms with van der Waals surface area (Å²) in [7, 11) is 5.54. The fraction of sp³-hybridized carbons (Fsp3) is 0.262. The highest BCUT2D eigenvalue weighted by Gasteiger charge is 2.33. The van der Waals surface area contributed by atoms with Crippen molar-refractivity contribution in [3.05, 3.63) is 142 Å². The largest absolute Gasteiger partial charge is 0.347 e. The standard InChI is InChI=1S/C42H43N5O3/c1-28-22-30-14-12-13-15-32(30)27-47(28)41(49)38-24-33-26-46(42(50)45(5)35-18-10-7-11-19-35)21-20-31(33)23-37(38)39-25-36(29(2)43(39)3)40(48)44(4)34-16-8-6-9-17-34/h6-19,23-25,28H,20-22,26-27H2,1-5H3/t28-/m1/s1. The Bertz CT molecular complexity index is 2090. The molecule has 7 rings (SSSR count). The fourth-order valence-corrected chi connectivity index (χ4v) is 7.36. The van der Waals surface area contributed by atoms with E-state index in [2.05, 4.69) is 31.2 Å². The van der Waals surface area contributed by atoms with Crippen LogP contribution < -0.4 is 9.80 Å². The Kier molecular flexibility index (Phi) is 8.78. The number of para-hydroxylation sites is 2. The van der Waals surface area contributed by atoms with E-state index in [0.29, 0.717) is 37.2 Å². The molecule has 1 aromatic heterocycles. The first kappa shape index (κ1) is 32.9. The van der Waals surface area contributed by atoms with E-state index < -0.39 is 0 Å². The predicted molar refractivity (Wildman–Crippen MR) is 199 cm³/mol. The smallest absolute Gasteiger partial charge is 0.324 e. The maximum absolute atomic E-state index is 14.8. The van der Waals surface area contributed by atoms with E-state index in [0.717, 1.165) is 51.4 Å². The second-order valence-electron chi connectivity index (χ2n) is 13.6. The van der Waals surface area contributed by atoms with Crippen LogP contribution in [0.5, 0.6) is 0 Å². The number of anilines is 2. The number of urea groups is 1. The lowest BCUT2D eigenvalue weighted by Crippen LogP contribution is -2.44. The molecule has 0 saturated heterocycles. The van der Waals surface area contributed by atoms with Crippen molar-refractivity contribution in [3.8, 4) is 11.3 Å². The molecule has 0 radical (unpaired) electrons. The van der Waals surface area contributed by atoms with Crippen molar-refractivity contribution in [1.29, 1.82) is 0 Å². The third kappa shape index (κ3) is 5.95. The van der Waals surface area contributed by atoms with Crippen molar-refractivity contribution in [3.63, 3.8) is 0 Å². The normalized spacial score (nSPS) is 15.3. The second kappa shape index (κ2) is 13.3. The van der Waals surface area contributed by atoms with Crippen LogP contribution in [0.3, 0.4) is 0 Å². The third-order valence-corrected chi connectivity index (χ3v) is 10.5. The first-order valence-corrected chi connectivity index (χ1v) is 17.2. The summed E-state index contributed by atoms with van der Waals surface area (Å²) in [5.41, 5.74) is 9.74. The number of benzene rings is 4. The van der Waals surface area contributed by atoms with Crippen LogP contribution in [0.2, 0.25) is 0 Å². The van der Waals surface area contributed by atoms with Crippen LogP contribution in [0, 0.1) is 6.92 Å². The third-order valence-electron chi connectivity index (χ3n) is 10.5. The van der Waals surface area contributed by atoms with Gasteiger partial charge in [-0.1, -0.05) is 60.7 Å². The van der Waals surface area contributed by atoms with Gasteiger partial charge in [0.15, 0.2) is 0 Å². The Hall–Kier alpha value is -5.63. The number of rotatable bonds is 5. The highest BCUT2D eigenvalue weighted by atomic mass is 16.2. The molecule has 0 spiro atoms. The molecule has 0 unspecified atom stereocenters. The zero-order valence-electron chi connectivity index (χ0n) is 29.4. The summed E-state index contributed by atoms with van der Waals surface area (Å²) in [6.07, 6.45) is 1.44. The summed E-state index contributed by atoms with van der Waals surface area (Å²) in [5.74, 6) is -0.165. The van der Waals surface area contributed by atoms with E-state index >= 15 is 0 Å². The number of hydrogen-bond acceptors (Lipinski definition) is 3. The van der Waals surface area contributed by atoms with Gasteiger partial charge in [0.2, 0.25) is 0 Å². The molecule has 5 aromatic rings. The van der Waals surface area contributed by atoms with Gasteiger partial charge < -0.3 is 19.3 Å². The topological polar surface area (TPSA) is 69.1 Å². The number of aromatic nitrogens is 1. The van der Waals surface area contributed by atoms with Gasteiger partial charge in [0.05, 0.1) is 5.56 Å². The van der Waals surface area contributed by atoms with E-state index in [-0.39, 0.29) is 23.9 Å². The maximum Gasteiger partial charge on any atom is 0.324 e. The summed E-state index contributed by atoms with van der Waals surface area (Å²) >= 11 is 0. The minimum atomic E-state index is -0.112. The van der Waals surface area contributed by atoms with Gasteiger partial charge in [0, 0.05) is 80.7 Å². The average molecular weight is 666 g/mol. The molecule has 0 saturated carbocycles. The molecule has 0 N–H and O–H groups in total. The number of hydrogen-bond donors (Lipinski definition) is 0. The summed E-state index contributed by atoms with van der Waals surface area (Å²) in [4.78, 5) is 49.5. The Labute approximate surface area is 294 Å². The number of carbonyl (C=O) groups excluding carboxylic acids is 3. The maximum atomic E-state index is 14.8. The highest BCUT2D eigenvalue weighted by molar-refractivity contribution is 6.08. The van der Waals surface area contributed by atoms with Gasteiger partial charge in [0.25, 0.3) is 11.8 Å². The van der Waals surface area contributed by atoms with Crippen LogP contribution in [0.4, 0.5) is 16.2 Å². The number of nitrogens with zero attached hydrogens (tertiary/aromatic N) is 5. The molecule has 2 aliphatic heterocycles. The fourth-order valence-electron chi connectivity index (χ4n) is 7.36. The van der Waals surface area contributed by atoms with Gasteiger partial charge in [0.1, 0.15) is 0 Å². The zero-order chi connectivity index (χ0) is 35.1. The van der Waals surface area contributed by atoms with Crippen LogP contribution in [-0.4, -0.2) is 58.9 Å². The quantitative estimate of drug-likeness (QED) is 0.196. The lowest BCUT2D eigenvalue weighted by atomic mass is 9.90. The van der Waals surface area contributed by atoms with Gasteiger partial charge >= 0.3 is 6.03 Å². The predicted octanol–water partition coefficient (Wildman–Crippen LogP) is 7.48. The van der Waals surface area contributed by atoms with Crippen LogP contribution in [0.15, 0.2) is 103 Å². The molecular formula is C42H43N5O3. The molecular weight excluding hydrogens is 622 g/mol. The van der Waals surface area contributed by atoms with Crippen molar-refractivity contribution < 1.29 is 14.4 Å². The minimum Gasteiger partial charge on any atom is -0.347 e. The lowest BCUT2D eigenvalue weighted by molar-refractivity contribution is 0.0658. The van der Waals surface area contributed by atoms with Crippen molar-refractivity contribution in [1.82, 2.24) is 14.4 Å². The van der Waals surface area contributed by atoms with E-state index in [9.17, 15) is 14.4 Å². The van der Waals surface area contributed by atoms with Crippen LogP contribution in [0.25, 0.3) is 11.3 Å². The monoisotopic (exact) mass is 665 g/mol. The first-order chi connectivity index (χ1) is 24.1. The van der Waals surface area contributed by atoms with E-state index in [4.69, 9.17) is 0 Å². The Morgan fingerprint density at radius 2 is 1.32 bits per heavy atom. The van der Waals surface area contributed by atoms with Crippen LogP contribution in [0.1, 0.15) is 55.6 Å². The molecule has 254 valence electrons. The molecule has 8 heteroatoms. The first-order valence-electron chi connectivity index (χ1n) is 17.2. The molecule has 50 heavy (non-hydrogen) atoms. The van der Waals surface area contributed by atoms with E-state index in [1.54, 1.807) is 23.9 Å². The number of fused-ring (bicyclic) bond motifs is 2. The molecule has 4 aromatic carbocycles. The molecule has 1 atom stereocenters. The number of amides is 4. The van der Waals surface area contributed by atoms with Gasteiger partial charge in [-0.2, -0.15) is 0 Å². The van der Waals surface area contributed by atoms with Crippen molar-refractivity contribution in [2.75, 3.05) is 30.4 Å². The van der Waals surface area contributed by atoms with Crippen molar-refractivity contribution >= 4 is 29.2 Å². The molecule has 4 amide bonds. The highest BCUT2D eigenvalue weighted by Crippen LogP contribution is 2.36. The average Bonchev–Trinajstić information content (AvgIpc) is 3.45. The molecule has 0 aliphatic carbocycles. The van der Waals surface area contributed by atoms with Crippen LogP contribution in [-0.2, 0) is 33.0 Å². The van der Waals surface area contributed by atoms with Gasteiger partial charge in [-0.3, -0.25) is 14.5 Å². The Morgan fingerprint density at radius 1 is 0.700 bits per heavy atom. The van der Waals surface area contributed by atoms with Gasteiger partial charge in [-0.15, -0.1) is 0 Å². The van der Waals surface area contributed by atoms with Crippen molar-refractivity contribution in [2.24, 2.45) is 7.05 Å². The van der Waals surface area contributed by atoms with E-state index in [1.165, 1.54) is 5.56 Å². The summed E-state index contributed by atoms with van der Waals surface area (Å²) in [5, 5.41) is 0. The van der Waals surface area contributed by atoms with Gasteiger partial charge in [-0.05, 0) is 91.4 Å². The van der Waals surface area contributed by atoms with Crippen molar-refractivity contribution in [2.45, 2.75) is 45.8 Å².